The van der Waals surface area contributed by atoms with E-state index in [1.54, 1.807) is 0 Å². The average Bonchev–Trinajstić information content (AvgIpc) is 2.83. The second-order valence-electron chi connectivity index (χ2n) is 3.94. The molecule has 0 bridgehead atoms. The lowest BCUT2D eigenvalue weighted by atomic mass is 10.0. The summed E-state index contributed by atoms with van der Waals surface area (Å²) in [5.74, 6) is -1.15. The highest BCUT2D eigenvalue weighted by atomic mass is 19.1. The first-order valence-electron chi connectivity index (χ1n) is 4.67. The topological polar surface area (TPSA) is 38.9 Å². The van der Waals surface area contributed by atoms with Crippen LogP contribution in [0.5, 0.6) is 0 Å². The molecule has 1 heterocycles. The van der Waals surface area contributed by atoms with Crippen LogP contribution >= 0.6 is 0 Å². The summed E-state index contributed by atoms with van der Waals surface area (Å²) in [5, 5.41) is 0. The fourth-order valence-electron chi connectivity index (χ4n) is 1.46. The molecule has 2 nitrogen and oxygen atoms in total. The van der Waals surface area contributed by atoms with E-state index in [0.29, 0.717) is 12.8 Å². The quantitative estimate of drug-likeness (QED) is 0.804. The van der Waals surface area contributed by atoms with Crippen molar-refractivity contribution in [1.29, 1.82) is 0 Å². The molecule has 0 saturated heterocycles. The molecule has 1 aliphatic carbocycles. The van der Waals surface area contributed by atoms with Crippen LogP contribution in [0.4, 0.5) is 8.78 Å². The molecule has 0 aliphatic heterocycles. The third-order valence-corrected chi connectivity index (χ3v) is 2.72. The van der Waals surface area contributed by atoms with Crippen LogP contribution in [0.2, 0.25) is 0 Å². The summed E-state index contributed by atoms with van der Waals surface area (Å²) in [7, 11) is 0. The molecule has 1 saturated carbocycles. The Bertz CT molecular complexity index is 328. The van der Waals surface area contributed by atoms with Crippen LogP contribution < -0.4 is 5.73 Å². The maximum Gasteiger partial charge on any atom is 0.147 e. The van der Waals surface area contributed by atoms with Gasteiger partial charge in [-0.05, 0) is 25.7 Å². The highest BCUT2D eigenvalue weighted by Crippen LogP contribution is 2.36. The molecule has 76 valence electrons. The maximum absolute atomic E-state index is 13.1. The number of nitrogens with zero attached hydrogens (tertiary/aromatic N) is 1. The number of aromatic nitrogens is 1. The van der Waals surface area contributed by atoms with Crippen LogP contribution in [0.25, 0.3) is 0 Å². The van der Waals surface area contributed by atoms with Crippen molar-refractivity contribution >= 4 is 0 Å². The third-order valence-electron chi connectivity index (χ3n) is 2.72. The van der Waals surface area contributed by atoms with Crippen molar-refractivity contribution in [3.63, 3.8) is 0 Å². The number of halogens is 2. The largest absolute Gasteiger partial charge is 0.325 e. The summed E-state index contributed by atoms with van der Waals surface area (Å²) < 4.78 is 26.2. The van der Waals surface area contributed by atoms with Gasteiger partial charge in [-0.3, -0.25) is 4.98 Å². The second-order valence-corrected chi connectivity index (χ2v) is 3.94. The molecule has 0 spiro atoms. The van der Waals surface area contributed by atoms with Crippen molar-refractivity contribution in [3.05, 3.63) is 29.6 Å². The normalized spacial score (nSPS) is 18.2. The minimum atomic E-state index is -0.575. The predicted octanol–water partition coefficient (Wildman–Crippen LogP) is 1.78. The molecule has 1 aromatic rings. The monoisotopic (exact) mass is 198 g/mol. The lowest BCUT2D eigenvalue weighted by molar-refractivity contribution is 0.522. The van der Waals surface area contributed by atoms with Gasteiger partial charge in [-0.25, -0.2) is 8.78 Å². The first kappa shape index (κ1) is 9.52. The Hall–Kier alpha value is -1.03. The Kier molecular flexibility index (Phi) is 2.23. The van der Waals surface area contributed by atoms with E-state index in [-0.39, 0.29) is 11.1 Å². The van der Waals surface area contributed by atoms with Gasteiger partial charge in [-0.15, -0.1) is 0 Å². The second kappa shape index (κ2) is 3.28. The molecular weight excluding hydrogens is 186 g/mol. The van der Waals surface area contributed by atoms with E-state index in [4.69, 9.17) is 5.73 Å². The Labute approximate surface area is 81.1 Å². The molecule has 4 heteroatoms. The van der Waals surface area contributed by atoms with E-state index in [1.807, 2.05) is 0 Å². The molecule has 0 radical (unpaired) electrons. The van der Waals surface area contributed by atoms with Crippen molar-refractivity contribution in [2.24, 2.45) is 5.73 Å². The minimum Gasteiger partial charge on any atom is -0.325 e. The molecule has 1 aliphatic rings. The molecule has 2 N–H and O–H groups in total. The van der Waals surface area contributed by atoms with Crippen molar-refractivity contribution in [2.45, 2.75) is 31.2 Å². The molecule has 1 fully saturated rings. The van der Waals surface area contributed by atoms with Crippen LogP contribution in [0.3, 0.4) is 0 Å². The summed E-state index contributed by atoms with van der Waals surface area (Å²) >= 11 is 0. The molecular formula is C10H12F2N2. The highest BCUT2D eigenvalue weighted by molar-refractivity contribution is 5.16. The number of nitrogens with two attached hydrogens (primary N) is 1. The third kappa shape index (κ3) is 1.90. The molecule has 0 atom stereocenters. The van der Waals surface area contributed by atoms with E-state index in [0.717, 1.165) is 25.2 Å². The molecule has 14 heavy (non-hydrogen) atoms. The number of rotatable bonds is 3. The molecule has 2 rings (SSSR count). The van der Waals surface area contributed by atoms with Gasteiger partial charge in [0.1, 0.15) is 11.6 Å². The minimum absolute atomic E-state index is 0.108. The van der Waals surface area contributed by atoms with Gasteiger partial charge >= 0.3 is 0 Å². The molecule has 0 aromatic carbocycles. The predicted molar refractivity (Wildman–Crippen MR) is 48.6 cm³/mol. The van der Waals surface area contributed by atoms with Gasteiger partial charge in [0.15, 0.2) is 0 Å². The van der Waals surface area contributed by atoms with Crippen LogP contribution in [-0.2, 0) is 6.42 Å². The summed E-state index contributed by atoms with van der Waals surface area (Å²) in [4.78, 5) is 3.42. The van der Waals surface area contributed by atoms with Gasteiger partial charge in [0, 0.05) is 11.1 Å². The van der Waals surface area contributed by atoms with Crippen molar-refractivity contribution < 1.29 is 8.78 Å². The van der Waals surface area contributed by atoms with E-state index in [9.17, 15) is 8.78 Å². The maximum atomic E-state index is 13.1. The summed E-state index contributed by atoms with van der Waals surface area (Å²) in [6.07, 6.45) is 4.99. The molecule has 1 aromatic heterocycles. The standard InChI is InChI=1S/C10H12F2N2/c11-8-5-14-6-9(12)7(8)1-2-10(13)3-4-10/h5-6H,1-4,13H2. The van der Waals surface area contributed by atoms with Crippen LogP contribution in [0, 0.1) is 11.6 Å². The van der Waals surface area contributed by atoms with Gasteiger partial charge in [0.05, 0.1) is 12.4 Å². The van der Waals surface area contributed by atoms with Crippen LogP contribution in [0.1, 0.15) is 24.8 Å². The van der Waals surface area contributed by atoms with E-state index >= 15 is 0 Å². The summed E-state index contributed by atoms with van der Waals surface area (Å²) in [5.41, 5.74) is 5.78. The zero-order chi connectivity index (χ0) is 10.2. The Balaban J connectivity index is 2.08. The van der Waals surface area contributed by atoms with Crippen molar-refractivity contribution in [1.82, 2.24) is 4.98 Å². The zero-order valence-corrected chi connectivity index (χ0v) is 7.76. The number of pyridine rings is 1. The van der Waals surface area contributed by atoms with Gasteiger partial charge in [-0.1, -0.05) is 0 Å². The Morgan fingerprint density at radius 3 is 2.36 bits per heavy atom. The van der Waals surface area contributed by atoms with E-state index < -0.39 is 11.6 Å². The van der Waals surface area contributed by atoms with E-state index in [2.05, 4.69) is 4.98 Å². The van der Waals surface area contributed by atoms with Crippen LogP contribution in [-0.4, -0.2) is 10.5 Å². The lowest BCUT2D eigenvalue weighted by Gasteiger charge is -2.08. The van der Waals surface area contributed by atoms with Crippen LogP contribution in [0.15, 0.2) is 12.4 Å². The zero-order valence-electron chi connectivity index (χ0n) is 7.76. The Morgan fingerprint density at radius 1 is 1.29 bits per heavy atom. The smallest absolute Gasteiger partial charge is 0.147 e. The Morgan fingerprint density at radius 2 is 1.86 bits per heavy atom. The highest BCUT2D eigenvalue weighted by Gasteiger charge is 2.37. The van der Waals surface area contributed by atoms with Gasteiger partial charge < -0.3 is 5.73 Å². The van der Waals surface area contributed by atoms with E-state index in [1.165, 1.54) is 0 Å². The summed E-state index contributed by atoms with van der Waals surface area (Å²) in [6.45, 7) is 0. The number of hydrogen-bond acceptors (Lipinski definition) is 2. The first-order valence-corrected chi connectivity index (χ1v) is 4.67. The summed E-state index contributed by atoms with van der Waals surface area (Å²) in [6, 6.07) is 0. The fourth-order valence-corrected chi connectivity index (χ4v) is 1.46. The molecule has 0 unspecified atom stereocenters. The lowest BCUT2D eigenvalue weighted by Crippen LogP contribution is -2.22. The van der Waals surface area contributed by atoms with Gasteiger partial charge in [0.2, 0.25) is 0 Å². The van der Waals surface area contributed by atoms with Crippen molar-refractivity contribution in [3.8, 4) is 0 Å². The fraction of sp³-hybridized carbons (Fsp3) is 0.500. The molecule has 0 amide bonds. The number of hydrogen-bond donors (Lipinski definition) is 1. The first-order chi connectivity index (χ1) is 6.61. The van der Waals surface area contributed by atoms with Gasteiger partial charge in [0.25, 0.3) is 0 Å². The average molecular weight is 198 g/mol. The van der Waals surface area contributed by atoms with Crippen molar-refractivity contribution in [2.75, 3.05) is 0 Å². The SMILES string of the molecule is NC1(CCc2c(F)cncc2F)CC1. The van der Waals surface area contributed by atoms with Gasteiger partial charge in [-0.2, -0.15) is 0 Å².